The van der Waals surface area contributed by atoms with E-state index in [2.05, 4.69) is 10.7 Å². The minimum Gasteiger partial charge on any atom is -0.347 e. The molecule has 0 radical (unpaired) electrons. The number of ketones is 1. The monoisotopic (exact) mass is 225 g/mol. The van der Waals surface area contributed by atoms with Gasteiger partial charge in [-0.15, -0.1) is 0 Å². The summed E-state index contributed by atoms with van der Waals surface area (Å²) in [7, 11) is 0. The summed E-state index contributed by atoms with van der Waals surface area (Å²) in [6, 6.07) is -0.289. The Morgan fingerprint density at radius 3 is 2.38 bits per heavy atom. The van der Waals surface area contributed by atoms with E-state index < -0.39 is 17.7 Å². The van der Waals surface area contributed by atoms with Gasteiger partial charge in [-0.25, -0.2) is 5.43 Å². The highest BCUT2D eigenvalue weighted by Crippen LogP contribution is 2.30. The summed E-state index contributed by atoms with van der Waals surface area (Å²) < 4.78 is 0. The number of rotatable bonds is 6. The third-order valence-corrected chi connectivity index (χ3v) is 3.45. The van der Waals surface area contributed by atoms with Crippen molar-refractivity contribution >= 4 is 11.7 Å². The van der Waals surface area contributed by atoms with Crippen molar-refractivity contribution in [3.63, 3.8) is 0 Å². The topological polar surface area (TPSA) is 84.2 Å². The smallest absolute Gasteiger partial charge is 0.289 e. The molecule has 16 heavy (non-hydrogen) atoms. The fourth-order valence-electron chi connectivity index (χ4n) is 1.96. The van der Waals surface area contributed by atoms with Crippen LogP contribution in [0.2, 0.25) is 0 Å². The van der Waals surface area contributed by atoms with Crippen molar-refractivity contribution in [3.8, 4) is 0 Å². The number of hydrogen-bond acceptors (Lipinski definition) is 4. The third-order valence-electron chi connectivity index (χ3n) is 3.45. The lowest BCUT2D eigenvalue weighted by Crippen LogP contribution is -2.49. The van der Waals surface area contributed by atoms with Crippen LogP contribution in [-0.2, 0) is 9.59 Å². The molecular weight excluding hydrogens is 206 g/mol. The van der Waals surface area contributed by atoms with Crippen molar-refractivity contribution in [2.45, 2.75) is 50.6 Å². The first-order valence-corrected chi connectivity index (χ1v) is 6.01. The summed E-state index contributed by atoms with van der Waals surface area (Å²) in [5.41, 5.74) is 2.47. The molecular formula is C11H19N3O2. The summed E-state index contributed by atoms with van der Waals surface area (Å²) in [5, 5.41) is 2.69. The zero-order chi connectivity index (χ0) is 11.5. The summed E-state index contributed by atoms with van der Waals surface area (Å²) in [6.45, 7) is 0. The Morgan fingerprint density at radius 1 is 1.25 bits per heavy atom. The predicted octanol–water partition coefficient (Wildman–Crippen LogP) is -0.144. The fourth-order valence-corrected chi connectivity index (χ4v) is 1.96. The lowest BCUT2D eigenvalue weighted by Gasteiger charge is -2.28. The van der Waals surface area contributed by atoms with Crippen LogP contribution in [0.4, 0.5) is 0 Å². The zero-order valence-electron chi connectivity index (χ0n) is 9.37. The Bertz CT molecular complexity index is 285. The summed E-state index contributed by atoms with van der Waals surface area (Å²) in [4.78, 5) is 23.3. The predicted molar refractivity (Wildman–Crippen MR) is 59.2 cm³/mol. The maximum atomic E-state index is 11.8. The van der Waals surface area contributed by atoms with Gasteiger partial charge in [0.15, 0.2) is 0 Å². The molecule has 4 N–H and O–H groups in total. The van der Waals surface area contributed by atoms with Crippen molar-refractivity contribution in [1.82, 2.24) is 10.7 Å². The van der Waals surface area contributed by atoms with Crippen LogP contribution >= 0.6 is 0 Å². The third kappa shape index (κ3) is 2.80. The summed E-state index contributed by atoms with van der Waals surface area (Å²) >= 11 is 0. The van der Waals surface area contributed by atoms with Crippen molar-refractivity contribution < 1.29 is 9.59 Å². The number of Topliss-reactive ketones (excluding diaryl/α,β-unsaturated/α-hetero) is 1. The van der Waals surface area contributed by atoms with Crippen LogP contribution in [0.3, 0.4) is 0 Å². The van der Waals surface area contributed by atoms with Gasteiger partial charge in [-0.05, 0) is 25.2 Å². The van der Waals surface area contributed by atoms with Crippen LogP contribution in [0.15, 0.2) is 0 Å². The van der Waals surface area contributed by atoms with Crippen molar-refractivity contribution in [2.24, 2.45) is 11.8 Å². The Balaban J connectivity index is 1.80. The maximum Gasteiger partial charge on any atom is 0.289 e. The van der Waals surface area contributed by atoms with Gasteiger partial charge in [0.25, 0.3) is 5.91 Å². The van der Waals surface area contributed by atoms with E-state index in [0.29, 0.717) is 12.3 Å². The molecule has 0 aromatic carbocycles. The molecule has 5 heteroatoms. The molecule has 0 saturated heterocycles. The van der Waals surface area contributed by atoms with E-state index in [0.717, 1.165) is 25.7 Å². The Labute approximate surface area is 95.1 Å². The Morgan fingerprint density at radius 2 is 1.94 bits per heavy atom. The molecule has 2 saturated carbocycles. The van der Waals surface area contributed by atoms with Gasteiger partial charge in [0.1, 0.15) is 0 Å². The first-order chi connectivity index (χ1) is 7.70. The lowest BCUT2D eigenvalue weighted by atomic mass is 9.80. The van der Waals surface area contributed by atoms with Crippen molar-refractivity contribution in [2.75, 3.05) is 0 Å². The SMILES string of the molecule is NNC(CC1CCC1)C(=O)C(=O)NC1CC1. The lowest BCUT2D eigenvalue weighted by molar-refractivity contribution is -0.139. The molecule has 2 rings (SSSR count). The van der Waals surface area contributed by atoms with Gasteiger partial charge in [-0.3, -0.25) is 15.4 Å². The van der Waals surface area contributed by atoms with Crippen LogP contribution in [0.1, 0.15) is 38.5 Å². The quantitative estimate of drug-likeness (QED) is 0.333. The number of nitrogens with one attached hydrogen (secondary N) is 2. The number of amides is 1. The first-order valence-electron chi connectivity index (χ1n) is 6.01. The van der Waals surface area contributed by atoms with Gasteiger partial charge in [0.05, 0.1) is 6.04 Å². The molecule has 0 spiro atoms. The van der Waals surface area contributed by atoms with Gasteiger partial charge >= 0.3 is 0 Å². The molecule has 0 aliphatic heterocycles. The van der Waals surface area contributed by atoms with Gasteiger partial charge in [-0.1, -0.05) is 19.3 Å². The molecule has 0 heterocycles. The fraction of sp³-hybridized carbons (Fsp3) is 0.818. The normalized spacial score (nSPS) is 22.3. The highest BCUT2D eigenvalue weighted by atomic mass is 16.2. The number of hydrogen-bond donors (Lipinski definition) is 3. The van der Waals surface area contributed by atoms with E-state index >= 15 is 0 Å². The molecule has 90 valence electrons. The molecule has 0 aromatic rings. The number of hydrazine groups is 1. The molecule has 2 aliphatic rings. The summed E-state index contributed by atoms with van der Waals surface area (Å²) in [6.07, 6.45) is 6.19. The standard InChI is InChI=1S/C11H19N3O2/c12-14-9(6-7-2-1-3-7)10(15)11(16)13-8-4-5-8/h7-9,14H,1-6,12H2,(H,13,16). The second-order valence-corrected chi connectivity index (χ2v) is 4.86. The van der Waals surface area contributed by atoms with Crippen molar-refractivity contribution in [3.05, 3.63) is 0 Å². The van der Waals surface area contributed by atoms with Gasteiger partial charge in [-0.2, -0.15) is 0 Å². The molecule has 0 bridgehead atoms. The van der Waals surface area contributed by atoms with E-state index in [4.69, 9.17) is 5.84 Å². The Hall–Kier alpha value is -0.940. The highest BCUT2D eigenvalue weighted by molar-refractivity contribution is 6.38. The molecule has 1 amide bonds. The summed E-state index contributed by atoms with van der Waals surface area (Å²) in [5.74, 6) is 4.99. The largest absolute Gasteiger partial charge is 0.347 e. The number of nitrogens with two attached hydrogens (primary N) is 1. The zero-order valence-corrected chi connectivity index (χ0v) is 9.37. The molecule has 0 aromatic heterocycles. The van der Waals surface area contributed by atoms with Crippen molar-refractivity contribution in [1.29, 1.82) is 0 Å². The highest BCUT2D eigenvalue weighted by Gasteiger charge is 2.32. The van der Waals surface area contributed by atoms with E-state index in [-0.39, 0.29) is 6.04 Å². The molecule has 2 fully saturated rings. The minimum atomic E-state index is -0.510. The van der Waals surface area contributed by atoms with Gasteiger partial charge in [0, 0.05) is 6.04 Å². The second kappa shape index (κ2) is 4.93. The molecule has 5 nitrogen and oxygen atoms in total. The maximum absolute atomic E-state index is 11.8. The Kier molecular flexibility index (Phi) is 3.56. The molecule has 2 aliphatic carbocycles. The number of carbonyl (C=O) groups excluding carboxylic acids is 2. The van der Waals surface area contributed by atoms with Crippen LogP contribution in [0, 0.1) is 5.92 Å². The first kappa shape index (κ1) is 11.5. The average molecular weight is 225 g/mol. The molecule has 1 unspecified atom stereocenters. The van der Waals surface area contributed by atoms with E-state index in [1.54, 1.807) is 0 Å². The van der Waals surface area contributed by atoms with E-state index in [1.165, 1.54) is 6.42 Å². The van der Waals surface area contributed by atoms with E-state index in [9.17, 15) is 9.59 Å². The minimum absolute atomic E-state index is 0.221. The van der Waals surface area contributed by atoms with Crippen LogP contribution < -0.4 is 16.6 Å². The number of carbonyl (C=O) groups is 2. The van der Waals surface area contributed by atoms with Crippen LogP contribution in [0.5, 0.6) is 0 Å². The van der Waals surface area contributed by atoms with Crippen LogP contribution in [-0.4, -0.2) is 23.8 Å². The average Bonchev–Trinajstić information content (AvgIpc) is 2.99. The van der Waals surface area contributed by atoms with E-state index in [1.807, 2.05) is 0 Å². The second-order valence-electron chi connectivity index (χ2n) is 4.86. The van der Waals surface area contributed by atoms with Gasteiger partial charge in [0.2, 0.25) is 5.78 Å². The van der Waals surface area contributed by atoms with Crippen LogP contribution in [0.25, 0.3) is 0 Å². The molecule has 1 atom stereocenters. The van der Waals surface area contributed by atoms with Gasteiger partial charge < -0.3 is 5.32 Å².